The van der Waals surface area contributed by atoms with E-state index in [0.717, 1.165) is 17.0 Å². The highest BCUT2D eigenvalue weighted by Crippen LogP contribution is 2.30. The third kappa shape index (κ3) is 5.66. The van der Waals surface area contributed by atoms with Crippen molar-refractivity contribution in [2.24, 2.45) is 0 Å². The van der Waals surface area contributed by atoms with Crippen LogP contribution in [0.5, 0.6) is 0 Å². The molecule has 0 spiro atoms. The highest BCUT2D eigenvalue weighted by atomic mass is 19.4. The standard InChI is InChI=1S/C18H19F3N4O3/c1-11(2)25(17(27)28)9-16(26)22-8-14-7-15(24-10-23-14)12-3-5-13(6-4-12)18(19,20)21/h3-7,10-11H,8-9H2,1-2H3,(H,22,26)(H,27,28). The van der Waals surface area contributed by atoms with E-state index in [0.29, 0.717) is 17.0 Å². The van der Waals surface area contributed by atoms with E-state index in [-0.39, 0.29) is 19.1 Å². The van der Waals surface area contributed by atoms with Gasteiger partial charge in [0, 0.05) is 11.6 Å². The molecule has 1 aromatic heterocycles. The molecule has 0 aliphatic carbocycles. The van der Waals surface area contributed by atoms with Gasteiger partial charge in [-0.05, 0) is 32.0 Å². The van der Waals surface area contributed by atoms with Crippen molar-refractivity contribution in [3.8, 4) is 11.3 Å². The van der Waals surface area contributed by atoms with Crippen LogP contribution in [-0.4, -0.2) is 44.6 Å². The number of carbonyl (C=O) groups excluding carboxylic acids is 1. The number of hydrogen-bond acceptors (Lipinski definition) is 4. The fraction of sp³-hybridized carbons (Fsp3) is 0.333. The molecule has 1 aromatic carbocycles. The van der Waals surface area contributed by atoms with Gasteiger partial charge in [0.1, 0.15) is 12.9 Å². The Morgan fingerprint density at radius 2 is 1.82 bits per heavy atom. The first-order valence-electron chi connectivity index (χ1n) is 8.32. The number of nitrogens with zero attached hydrogens (tertiary/aromatic N) is 3. The van der Waals surface area contributed by atoms with E-state index in [9.17, 15) is 22.8 Å². The number of halogens is 3. The Morgan fingerprint density at radius 1 is 1.18 bits per heavy atom. The summed E-state index contributed by atoms with van der Waals surface area (Å²) >= 11 is 0. The van der Waals surface area contributed by atoms with Gasteiger partial charge in [-0.2, -0.15) is 13.2 Å². The minimum atomic E-state index is -4.42. The lowest BCUT2D eigenvalue weighted by atomic mass is 10.1. The molecule has 28 heavy (non-hydrogen) atoms. The SMILES string of the molecule is CC(C)N(CC(=O)NCc1cc(-c2ccc(C(F)(F)F)cc2)ncn1)C(=O)O. The van der Waals surface area contributed by atoms with Crippen molar-refractivity contribution in [3.63, 3.8) is 0 Å². The van der Waals surface area contributed by atoms with Crippen LogP contribution >= 0.6 is 0 Å². The lowest BCUT2D eigenvalue weighted by Crippen LogP contribution is -2.43. The molecule has 2 aromatic rings. The number of carbonyl (C=O) groups is 2. The van der Waals surface area contributed by atoms with Gasteiger partial charge >= 0.3 is 12.3 Å². The molecule has 150 valence electrons. The number of hydrogen-bond donors (Lipinski definition) is 2. The molecule has 0 radical (unpaired) electrons. The summed E-state index contributed by atoms with van der Waals surface area (Å²) in [5.74, 6) is -0.495. The molecule has 1 heterocycles. The van der Waals surface area contributed by atoms with Crippen molar-refractivity contribution in [3.05, 3.63) is 47.9 Å². The minimum absolute atomic E-state index is 0.0283. The van der Waals surface area contributed by atoms with E-state index >= 15 is 0 Å². The Balaban J connectivity index is 2.03. The van der Waals surface area contributed by atoms with E-state index in [1.165, 1.54) is 18.5 Å². The number of benzene rings is 1. The first-order chi connectivity index (χ1) is 13.1. The van der Waals surface area contributed by atoms with E-state index in [4.69, 9.17) is 5.11 Å². The average Bonchev–Trinajstić information content (AvgIpc) is 2.63. The second-order valence-corrected chi connectivity index (χ2v) is 6.25. The van der Waals surface area contributed by atoms with Crippen molar-refractivity contribution in [2.45, 2.75) is 32.6 Å². The van der Waals surface area contributed by atoms with E-state index in [1.54, 1.807) is 19.9 Å². The van der Waals surface area contributed by atoms with Gasteiger partial charge in [0.2, 0.25) is 5.91 Å². The molecule has 0 aliphatic rings. The normalized spacial score (nSPS) is 11.4. The summed E-state index contributed by atoms with van der Waals surface area (Å²) in [5, 5.41) is 11.6. The first-order valence-corrected chi connectivity index (χ1v) is 8.32. The van der Waals surface area contributed by atoms with Crippen LogP contribution < -0.4 is 5.32 Å². The van der Waals surface area contributed by atoms with E-state index < -0.39 is 23.7 Å². The molecule has 0 unspecified atom stereocenters. The highest BCUT2D eigenvalue weighted by Gasteiger charge is 2.30. The van der Waals surface area contributed by atoms with Crippen molar-refractivity contribution in [1.29, 1.82) is 0 Å². The predicted octanol–water partition coefficient (Wildman–Crippen LogP) is 3.17. The quantitative estimate of drug-likeness (QED) is 0.782. The maximum Gasteiger partial charge on any atom is 0.416 e. The molecule has 2 amide bonds. The molecule has 0 bridgehead atoms. The van der Waals surface area contributed by atoms with Crippen LogP contribution in [0.3, 0.4) is 0 Å². The Bertz CT molecular complexity index is 839. The number of carboxylic acid groups (broad SMARTS) is 1. The zero-order valence-corrected chi connectivity index (χ0v) is 15.2. The molecule has 2 rings (SSSR count). The monoisotopic (exact) mass is 396 g/mol. The van der Waals surface area contributed by atoms with Crippen LogP contribution in [0.1, 0.15) is 25.1 Å². The van der Waals surface area contributed by atoms with Gasteiger partial charge in [-0.15, -0.1) is 0 Å². The van der Waals surface area contributed by atoms with Crippen molar-refractivity contribution in [2.75, 3.05) is 6.54 Å². The topological polar surface area (TPSA) is 95.4 Å². The van der Waals surface area contributed by atoms with Crippen LogP contribution in [-0.2, 0) is 17.5 Å². The summed E-state index contributed by atoms with van der Waals surface area (Å²) in [6.45, 7) is 3.02. The molecule has 0 fully saturated rings. The van der Waals surface area contributed by atoms with Crippen LogP contribution in [0.2, 0.25) is 0 Å². The fourth-order valence-corrected chi connectivity index (χ4v) is 2.35. The van der Waals surface area contributed by atoms with Crippen LogP contribution in [0.25, 0.3) is 11.3 Å². The van der Waals surface area contributed by atoms with Gasteiger partial charge in [-0.25, -0.2) is 14.8 Å². The summed E-state index contributed by atoms with van der Waals surface area (Å²) in [4.78, 5) is 32.1. The molecule has 7 nitrogen and oxygen atoms in total. The summed E-state index contributed by atoms with van der Waals surface area (Å²) in [7, 11) is 0. The summed E-state index contributed by atoms with van der Waals surface area (Å²) < 4.78 is 37.9. The predicted molar refractivity (Wildman–Crippen MR) is 94.2 cm³/mol. The highest BCUT2D eigenvalue weighted by molar-refractivity contribution is 5.81. The van der Waals surface area contributed by atoms with Gasteiger partial charge in [-0.1, -0.05) is 12.1 Å². The fourth-order valence-electron chi connectivity index (χ4n) is 2.35. The molecule has 0 saturated heterocycles. The number of amides is 2. The molecular formula is C18H19F3N4O3. The Hall–Kier alpha value is -3.17. The zero-order valence-electron chi connectivity index (χ0n) is 15.2. The smallest absolute Gasteiger partial charge is 0.416 e. The summed E-state index contributed by atoms with van der Waals surface area (Å²) in [6, 6.07) is 5.73. The molecule has 0 atom stereocenters. The lowest BCUT2D eigenvalue weighted by molar-refractivity contribution is -0.137. The Morgan fingerprint density at radius 3 is 2.36 bits per heavy atom. The number of nitrogens with one attached hydrogen (secondary N) is 1. The summed E-state index contributed by atoms with van der Waals surface area (Å²) in [6.07, 6.45) is -4.37. The molecule has 0 saturated carbocycles. The molecule has 2 N–H and O–H groups in total. The van der Waals surface area contributed by atoms with Gasteiger partial charge in [0.25, 0.3) is 0 Å². The maximum absolute atomic E-state index is 12.6. The zero-order chi connectivity index (χ0) is 20.9. The first kappa shape index (κ1) is 21.1. The van der Waals surface area contributed by atoms with Crippen LogP contribution in [0, 0.1) is 0 Å². The van der Waals surface area contributed by atoms with Gasteiger partial charge in [0.05, 0.1) is 23.5 Å². The second-order valence-electron chi connectivity index (χ2n) is 6.25. The number of alkyl halides is 3. The van der Waals surface area contributed by atoms with E-state index in [2.05, 4.69) is 15.3 Å². The minimum Gasteiger partial charge on any atom is -0.465 e. The maximum atomic E-state index is 12.6. The second kappa shape index (κ2) is 8.68. The number of aromatic nitrogens is 2. The largest absolute Gasteiger partial charge is 0.465 e. The molecule has 10 heteroatoms. The van der Waals surface area contributed by atoms with Gasteiger partial charge < -0.3 is 10.4 Å². The van der Waals surface area contributed by atoms with Crippen LogP contribution in [0.4, 0.5) is 18.0 Å². The molecule has 0 aliphatic heterocycles. The molecular weight excluding hydrogens is 377 g/mol. The van der Waals surface area contributed by atoms with Crippen molar-refractivity contribution < 1.29 is 27.9 Å². The number of rotatable bonds is 6. The van der Waals surface area contributed by atoms with Crippen molar-refractivity contribution >= 4 is 12.0 Å². The van der Waals surface area contributed by atoms with Crippen molar-refractivity contribution in [1.82, 2.24) is 20.2 Å². The third-order valence-electron chi connectivity index (χ3n) is 3.88. The van der Waals surface area contributed by atoms with Gasteiger partial charge in [-0.3, -0.25) is 9.69 Å². The van der Waals surface area contributed by atoms with Gasteiger partial charge in [0.15, 0.2) is 0 Å². The Kier molecular flexibility index (Phi) is 6.55. The average molecular weight is 396 g/mol. The van der Waals surface area contributed by atoms with Crippen LogP contribution in [0.15, 0.2) is 36.7 Å². The summed E-state index contributed by atoms with van der Waals surface area (Å²) in [5.41, 5.74) is 0.553. The third-order valence-corrected chi connectivity index (χ3v) is 3.88. The lowest BCUT2D eigenvalue weighted by Gasteiger charge is -2.22. The van der Waals surface area contributed by atoms with E-state index in [1.807, 2.05) is 0 Å². The Labute approximate surface area is 159 Å².